The van der Waals surface area contributed by atoms with E-state index < -0.39 is 85.9 Å². The van der Waals surface area contributed by atoms with Crippen LogP contribution in [0.5, 0.6) is 0 Å². The van der Waals surface area contributed by atoms with E-state index in [1.807, 2.05) is 66.7 Å². The molecule has 2 heterocycles. The van der Waals surface area contributed by atoms with Crippen LogP contribution in [0, 0.1) is 5.92 Å². The second-order valence-electron chi connectivity index (χ2n) is 21.2. The fourth-order valence-corrected chi connectivity index (χ4v) is 9.36. The summed E-state index contributed by atoms with van der Waals surface area (Å²) in [6, 6.07) is 3.59. The molecule has 1 fully saturated rings. The van der Waals surface area contributed by atoms with E-state index in [4.69, 9.17) is 24.3 Å². The highest BCUT2D eigenvalue weighted by Gasteiger charge is 2.38. The van der Waals surface area contributed by atoms with Crippen LogP contribution >= 0.6 is 7.82 Å². The van der Waals surface area contributed by atoms with Gasteiger partial charge < -0.3 is 56.4 Å². The molecule has 0 saturated carbocycles. The van der Waals surface area contributed by atoms with Crippen molar-refractivity contribution in [2.45, 2.75) is 199 Å². The summed E-state index contributed by atoms with van der Waals surface area (Å²) in [4.78, 5) is 100. The van der Waals surface area contributed by atoms with Gasteiger partial charge in [-0.3, -0.25) is 37.8 Å². The normalized spacial score (nSPS) is 16.9. The van der Waals surface area contributed by atoms with E-state index in [1.165, 1.54) is 29.9 Å². The number of ether oxygens (including phenoxy) is 2. The number of carbonyl (C=O) groups is 6. The molecule has 3 rings (SSSR count). The molecule has 1 aliphatic rings. The Morgan fingerprint density at radius 3 is 2.05 bits per heavy atom. The monoisotopic (exact) mass is 1060 g/mol. The van der Waals surface area contributed by atoms with E-state index in [0.717, 1.165) is 51.4 Å². The topological polar surface area (TPSA) is 303 Å². The van der Waals surface area contributed by atoms with Crippen molar-refractivity contribution in [3.05, 3.63) is 54.1 Å². The Labute approximate surface area is 437 Å². The number of amides is 6. The Balaban J connectivity index is 1.55. The number of aromatic nitrogens is 2. The lowest BCUT2D eigenvalue weighted by Gasteiger charge is -2.30. The molecular weight excluding hydrogens is 976 g/mol. The van der Waals surface area contributed by atoms with E-state index in [1.54, 1.807) is 0 Å². The van der Waals surface area contributed by atoms with Crippen molar-refractivity contribution in [3.8, 4) is 0 Å². The summed E-state index contributed by atoms with van der Waals surface area (Å²) in [6.45, 7) is 14.6. The second kappa shape index (κ2) is 32.0. The molecule has 1 aromatic heterocycles. The number of imidazole rings is 1. The maximum absolute atomic E-state index is 14.1. The van der Waals surface area contributed by atoms with Crippen LogP contribution in [0.4, 0.5) is 0 Å². The zero-order chi connectivity index (χ0) is 54.9. The van der Waals surface area contributed by atoms with Crippen LogP contribution in [-0.2, 0) is 64.7 Å². The fourth-order valence-electron chi connectivity index (χ4n) is 8.40. The average Bonchev–Trinajstić information content (AvgIpc) is 4.04. The first-order valence-corrected chi connectivity index (χ1v) is 27.8. The lowest BCUT2D eigenvalue weighted by molar-refractivity contribution is -0.141. The highest BCUT2D eigenvalue weighted by Crippen LogP contribution is 2.45. The number of aliphatic hydroxyl groups excluding tert-OH is 1. The Morgan fingerprint density at radius 2 is 1.45 bits per heavy atom. The minimum atomic E-state index is -4.73. The van der Waals surface area contributed by atoms with Crippen LogP contribution in [0.1, 0.15) is 150 Å². The number of aliphatic hydroxyl groups is 1. The summed E-state index contributed by atoms with van der Waals surface area (Å²) in [6.07, 6.45) is 11.7. The average molecular weight is 1060 g/mol. The van der Waals surface area contributed by atoms with E-state index >= 15 is 0 Å². The molecule has 9 N–H and O–H groups in total. The number of hydrogen-bond donors (Lipinski definition) is 8. The summed E-state index contributed by atoms with van der Waals surface area (Å²) in [5, 5.41) is 20.4. The molecule has 0 aliphatic carbocycles. The minimum Gasteiger partial charge on any atom is -0.394 e. The number of nitrogens with one attached hydrogen (secondary N) is 5. The Bertz CT molecular complexity index is 2070. The van der Waals surface area contributed by atoms with Crippen molar-refractivity contribution >= 4 is 43.3 Å². The lowest BCUT2D eigenvalue weighted by atomic mass is 10.0. The maximum Gasteiger partial charge on any atom is 0.472 e. The molecule has 6 amide bonds. The first-order chi connectivity index (χ1) is 34.9. The number of likely N-dealkylation sites (tertiary alicyclic amines) is 1. The summed E-state index contributed by atoms with van der Waals surface area (Å²) in [5.74, 6) is -4.80. The van der Waals surface area contributed by atoms with E-state index in [-0.39, 0.29) is 49.9 Å². The standard InChI is InChI=1S/C52H87N8O13P/c1-36(2)31-40(57-50(67)43-24-20-27-60(43)44(62)25-29-71-52(7,8)26-30-70-51(4,5)6)47(64)56-41(32-39-33-54-35-55-39)48(65)58-42(34-61)49(66)59-45(46(53)63)37(3)73-74(68,69)72-28-19-14-12-10-9-11-13-16-21-38-22-17-15-18-23-38/h15,17-18,22-23,33,35-37,40-43,45,61H,9-14,16,19-21,24-32,34H2,1-8H3,(H2,53,63)(H,54,55)(H,56,64)(H,57,67)(H,58,65)(H,59,66)(H,68,69). The van der Waals surface area contributed by atoms with Crippen LogP contribution in [0.25, 0.3) is 0 Å². The van der Waals surface area contributed by atoms with Gasteiger partial charge in [-0.25, -0.2) is 9.55 Å². The number of aromatic amines is 1. The van der Waals surface area contributed by atoms with Crippen LogP contribution in [0.3, 0.4) is 0 Å². The van der Waals surface area contributed by atoms with Crippen molar-refractivity contribution in [3.63, 3.8) is 0 Å². The number of nitrogens with zero attached hydrogens (tertiary/aromatic N) is 2. The van der Waals surface area contributed by atoms with Crippen molar-refractivity contribution in [1.82, 2.24) is 36.1 Å². The van der Waals surface area contributed by atoms with E-state index in [9.17, 15) is 43.3 Å². The molecular formula is C52H87N8O13P. The molecule has 0 bridgehead atoms. The zero-order valence-corrected chi connectivity index (χ0v) is 45.9. The van der Waals surface area contributed by atoms with Gasteiger partial charge in [0.1, 0.15) is 30.2 Å². The van der Waals surface area contributed by atoms with Gasteiger partial charge in [0.05, 0.1) is 49.9 Å². The number of hydrogen-bond acceptors (Lipinski definition) is 13. The lowest BCUT2D eigenvalue weighted by Crippen LogP contribution is -2.61. The number of phosphoric acid groups is 1. The molecule has 7 unspecified atom stereocenters. The van der Waals surface area contributed by atoms with Crippen molar-refractivity contribution in [2.75, 3.05) is 33.0 Å². The van der Waals surface area contributed by atoms with Gasteiger partial charge in [0.25, 0.3) is 0 Å². The Morgan fingerprint density at radius 1 is 0.824 bits per heavy atom. The Kier molecular flexibility index (Phi) is 27.4. The van der Waals surface area contributed by atoms with Crippen LogP contribution in [0.15, 0.2) is 42.9 Å². The summed E-state index contributed by atoms with van der Waals surface area (Å²) >= 11 is 0. The first kappa shape index (κ1) is 63.5. The molecule has 74 heavy (non-hydrogen) atoms. The quantitative estimate of drug-likeness (QED) is 0.0340. The van der Waals surface area contributed by atoms with Gasteiger partial charge in [0, 0.05) is 31.5 Å². The fraction of sp³-hybridized carbons (Fsp3) is 0.712. The third-order valence-corrected chi connectivity index (χ3v) is 13.6. The number of carbonyl (C=O) groups excluding carboxylic acids is 6. The number of nitrogens with two attached hydrogens (primary N) is 1. The minimum absolute atomic E-state index is 0.0493. The highest BCUT2D eigenvalue weighted by atomic mass is 31.2. The largest absolute Gasteiger partial charge is 0.472 e. The molecule has 22 heteroatoms. The Hall–Kier alpha value is -4.76. The van der Waals surface area contributed by atoms with Gasteiger partial charge >= 0.3 is 7.82 Å². The molecule has 21 nitrogen and oxygen atoms in total. The molecule has 0 radical (unpaired) electrons. The van der Waals surface area contributed by atoms with Crippen LogP contribution in [-0.4, -0.2) is 141 Å². The predicted octanol–water partition coefficient (Wildman–Crippen LogP) is 4.68. The van der Waals surface area contributed by atoms with Gasteiger partial charge in [-0.2, -0.15) is 0 Å². The molecule has 1 aromatic carbocycles. The molecule has 1 saturated heterocycles. The molecule has 7 atom stereocenters. The highest BCUT2D eigenvalue weighted by molar-refractivity contribution is 7.47. The number of unbranched alkanes of at least 4 members (excludes halogenated alkanes) is 7. The molecule has 0 spiro atoms. The summed E-state index contributed by atoms with van der Waals surface area (Å²) in [5.41, 5.74) is 6.49. The van der Waals surface area contributed by atoms with Gasteiger partial charge in [-0.05, 0) is 98.0 Å². The van der Waals surface area contributed by atoms with E-state index in [0.29, 0.717) is 44.5 Å². The van der Waals surface area contributed by atoms with Crippen LogP contribution in [0.2, 0.25) is 0 Å². The molecule has 418 valence electrons. The summed E-state index contributed by atoms with van der Waals surface area (Å²) < 4.78 is 35.0. The van der Waals surface area contributed by atoms with Crippen molar-refractivity contribution < 1.29 is 61.9 Å². The van der Waals surface area contributed by atoms with Crippen LogP contribution < -0.4 is 27.0 Å². The van der Waals surface area contributed by atoms with Crippen molar-refractivity contribution in [2.24, 2.45) is 11.7 Å². The van der Waals surface area contributed by atoms with Gasteiger partial charge in [0.15, 0.2) is 0 Å². The number of phosphoric ester groups is 1. The van der Waals surface area contributed by atoms with Crippen molar-refractivity contribution in [1.29, 1.82) is 0 Å². The number of rotatable bonds is 36. The number of benzene rings is 1. The smallest absolute Gasteiger partial charge is 0.394 e. The number of aryl methyl sites for hydroxylation is 1. The zero-order valence-electron chi connectivity index (χ0n) is 45.0. The number of primary amides is 1. The molecule has 1 aliphatic heterocycles. The van der Waals surface area contributed by atoms with E-state index in [2.05, 4.69) is 43.4 Å². The first-order valence-electron chi connectivity index (χ1n) is 26.3. The van der Waals surface area contributed by atoms with Gasteiger partial charge in [0.2, 0.25) is 35.4 Å². The van der Waals surface area contributed by atoms with Gasteiger partial charge in [-0.1, -0.05) is 82.7 Å². The third kappa shape index (κ3) is 24.7. The maximum atomic E-state index is 14.1. The predicted molar refractivity (Wildman–Crippen MR) is 279 cm³/mol. The van der Waals surface area contributed by atoms with Gasteiger partial charge in [-0.15, -0.1) is 0 Å². The molecule has 2 aromatic rings. The second-order valence-corrected chi connectivity index (χ2v) is 22.6. The SMILES string of the molecule is CC(C)CC(NC(=O)C1CCCN1C(=O)CCOC(C)(C)CCOC(C)(C)C)C(=O)NC(Cc1cnc[nH]1)C(=O)NC(CO)C(=O)NC(C(N)=O)C(C)OP(=O)(O)OCCCCCCCCCCc1ccccc1. The summed E-state index contributed by atoms with van der Waals surface area (Å²) in [7, 11) is -4.73. The number of H-pyrrole nitrogens is 1. The third-order valence-electron chi connectivity index (χ3n) is 12.5.